The van der Waals surface area contributed by atoms with Crippen molar-refractivity contribution in [3.8, 4) is 5.75 Å². The first-order valence-corrected chi connectivity index (χ1v) is 6.35. The molecule has 0 heterocycles. The summed E-state index contributed by atoms with van der Waals surface area (Å²) in [5, 5.41) is 0.778. The molecule has 0 atom stereocenters. The van der Waals surface area contributed by atoms with Gasteiger partial charge in [-0.2, -0.15) is 0 Å². The summed E-state index contributed by atoms with van der Waals surface area (Å²) in [5.41, 5.74) is 7.70. The molecule has 0 aromatic heterocycles. The third-order valence-corrected chi connectivity index (χ3v) is 2.91. The van der Waals surface area contributed by atoms with Crippen LogP contribution in [0.15, 0.2) is 48.5 Å². The summed E-state index contributed by atoms with van der Waals surface area (Å²) in [4.78, 5) is 0. The van der Waals surface area contributed by atoms with Gasteiger partial charge in [0.2, 0.25) is 0 Å². The molecule has 0 unspecified atom stereocenters. The van der Waals surface area contributed by atoms with Gasteiger partial charge in [0.1, 0.15) is 5.75 Å². The van der Waals surface area contributed by atoms with Gasteiger partial charge in [0.15, 0.2) is 0 Å². The summed E-state index contributed by atoms with van der Waals surface area (Å²) >= 11 is 5.93. The highest BCUT2D eigenvalue weighted by molar-refractivity contribution is 6.30. The summed E-state index contributed by atoms with van der Waals surface area (Å²) in [6, 6.07) is 15.4. The number of ether oxygens (including phenoxy) is 1. The minimum Gasteiger partial charge on any atom is -0.491 e. The van der Waals surface area contributed by atoms with Crippen LogP contribution in [-0.4, -0.2) is 6.61 Å². The fourth-order valence-electron chi connectivity index (χ4n) is 1.76. The lowest BCUT2D eigenvalue weighted by molar-refractivity contribution is 0.312. The van der Waals surface area contributed by atoms with Gasteiger partial charge >= 0.3 is 0 Å². The van der Waals surface area contributed by atoms with Gasteiger partial charge in [-0.3, -0.25) is 0 Å². The number of benzene rings is 2. The van der Waals surface area contributed by atoms with Crippen molar-refractivity contribution in [1.29, 1.82) is 0 Å². The zero-order valence-corrected chi connectivity index (χ0v) is 10.9. The third-order valence-electron chi connectivity index (χ3n) is 2.68. The predicted octanol–water partition coefficient (Wildman–Crippen LogP) is 3.93. The fraction of sp³-hybridized carbons (Fsp3) is 0.200. The Morgan fingerprint density at radius 1 is 1.06 bits per heavy atom. The van der Waals surface area contributed by atoms with Crippen LogP contribution in [0.2, 0.25) is 5.02 Å². The van der Waals surface area contributed by atoms with E-state index >= 15 is 0 Å². The van der Waals surface area contributed by atoms with Crippen molar-refractivity contribution < 1.29 is 4.74 Å². The van der Waals surface area contributed by atoms with Crippen molar-refractivity contribution in [2.45, 2.75) is 12.8 Å². The largest absolute Gasteiger partial charge is 0.491 e. The van der Waals surface area contributed by atoms with Gasteiger partial charge in [-0.05, 0) is 42.7 Å². The van der Waals surface area contributed by atoms with Crippen molar-refractivity contribution in [3.05, 3.63) is 59.1 Å². The topological polar surface area (TPSA) is 35.2 Å². The molecule has 94 valence electrons. The summed E-state index contributed by atoms with van der Waals surface area (Å²) in [5.74, 6) is 0.753. The number of halogens is 1. The molecule has 0 fully saturated rings. The van der Waals surface area contributed by atoms with Crippen LogP contribution in [0.4, 0.5) is 5.69 Å². The van der Waals surface area contributed by atoms with E-state index in [2.05, 4.69) is 6.07 Å². The van der Waals surface area contributed by atoms with Crippen LogP contribution >= 0.6 is 11.6 Å². The lowest BCUT2D eigenvalue weighted by atomic mass is 10.1. The molecule has 2 nitrogen and oxygen atoms in total. The van der Waals surface area contributed by atoms with Crippen molar-refractivity contribution in [2.75, 3.05) is 12.3 Å². The van der Waals surface area contributed by atoms with Crippen LogP contribution < -0.4 is 10.5 Å². The Labute approximate surface area is 112 Å². The molecule has 3 heteroatoms. The Balaban J connectivity index is 1.78. The molecule has 0 aliphatic heterocycles. The SMILES string of the molecule is Nc1ccccc1OCCCc1cccc(Cl)c1. The number of para-hydroxylation sites is 2. The zero-order valence-electron chi connectivity index (χ0n) is 10.1. The molecule has 0 radical (unpaired) electrons. The Morgan fingerprint density at radius 3 is 2.67 bits per heavy atom. The van der Waals surface area contributed by atoms with Crippen LogP contribution in [0.1, 0.15) is 12.0 Å². The number of anilines is 1. The van der Waals surface area contributed by atoms with E-state index in [0.717, 1.165) is 23.6 Å². The average Bonchev–Trinajstić information content (AvgIpc) is 2.37. The van der Waals surface area contributed by atoms with Crippen LogP contribution in [0.5, 0.6) is 5.75 Å². The molecule has 0 bridgehead atoms. The zero-order chi connectivity index (χ0) is 12.8. The summed E-state index contributed by atoms with van der Waals surface area (Å²) in [6.07, 6.45) is 1.89. The van der Waals surface area contributed by atoms with Gasteiger partial charge in [0.25, 0.3) is 0 Å². The predicted molar refractivity (Wildman–Crippen MR) is 76.1 cm³/mol. The minimum atomic E-state index is 0.653. The maximum absolute atomic E-state index is 5.93. The van der Waals surface area contributed by atoms with Gasteiger partial charge in [0.05, 0.1) is 12.3 Å². The molecule has 2 aromatic rings. The highest BCUT2D eigenvalue weighted by atomic mass is 35.5. The molecular weight excluding hydrogens is 246 g/mol. The van der Waals surface area contributed by atoms with Gasteiger partial charge < -0.3 is 10.5 Å². The quantitative estimate of drug-likeness (QED) is 0.654. The standard InChI is InChI=1S/C15H16ClNO/c16-13-7-3-5-12(11-13)6-4-10-18-15-9-2-1-8-14(15)17/h1-3,5,7-9,11H,4,6,10,17H2. The number of nitrogens with two attached hydrogens (primary N) is 1. The lowest BCUT2D eigenvalue weighted by Crippen LogP contribution is -2.01. The van der Waals surface area contributed by atoms with Crippen LogP contribution in [-0.2, 0) is 6.42 Å². The number of hydrogen-bond donors (Lipinski definition) is 1. The van der Waals surface area contributed by atoms with Crippen molar-refractivity contribution in [2.24, 2.45) is 0 Å². The molecule has 0 saturated heterocycles. The molecule has 0 amide bonds. The summed E-state index contributed by atoms with van der Waals surface area (Å²) < 4.78 is 5.63. The number of hydrogen-bond acceptors (Lipinski definition) is 2. The smallest absolute Gasteiger partial charge is 0.142 e. The highest BCUT2D eigenvalue weighted by Crippen LogP contribution is 2.20. The third kappa shape index (κ3) is 3.67. The minimum absolute atomic E-state index is 0.653. The monoisotopic (exact) mass is 261 g/mol. The number of nitrogen functional groups attached to an aromatic ring is 1. The fourth-order valence-corrected chi connectivity index (χ4v) is 1.98. The second kappa shape index (κ2) is 6.31. The molecular formula is C15H16ClNO. The van der Waals surface area contributed by atoms with E-state index in [0.29, 0.717) is 12.3 Å². The second-order valence-corrected chi connectivity index (χ2v) is 4.56. The Morgan fingerprint density at radius 2 is 1.89 bits per heavy atom. The molecule has 2 rings (SSSR count). The average molecular weight is 262 g/mol. The van der Waals surface area contributed by atoms with Crippen molar-refractivity contribution >= 4 is 17.3 Å². The van der Waals surface area contributed by atoms with Gasteiger partial charge in [-0.25, -0.2) is 0 Å². The van der Waals surface area contributed by atoms with Crippen LogP contribution in [0.25, 0.3) is 0 Å². The molecule has 0 spiro atoms. The highest BCUT2D eigenvalue weighted by Gasteiger charge is 1.99. The van der Waals surface area contributed by atoms with Gasteiger partial charge in [-0.15, -0.1) is 0 Å². The number of aryl methyl sites for hydroxylation is 1. The Hall–Kier alpha value is -1.67. The first kappa shape index (κ1) is 12.8. The molecule has 2 N–H and O–H groups in total. The van der Waals surface area contributed by atoms with E-state index in [1.54, 1.807) is 0 Å². The van der Waals surface area contributed by atoms with Crippen molar-refractivity contribution in [3.63, 3.8) is 0 Å². The molecule has 18 heavy (non-hydrogen) atoms. The maximum Gasteiger partial charge on any atom is 0.142 e. The summed E-state index contributed by atoms with van der Waals surface area (Å²) in [7, 11) is 0. The van der Waals surface area contributed by atoms with Crippen LogP contribution in [0.3, 0.4) is 0 Å². The summed E-state index contributed by atoms with van der Waals surface area (Å²) in [6.45, 7) is 0.653. The molecule has 0 aliphatic rings. The molecule has 0 saturated carbocycles. The van der Waals surface area contributed by atoms with E-state index in [4.69, 9.17) is 22.1 Å². The first-order valence-electron chi connectivity index (χ1n) is 5.97. The van der Waals surface area contributed by atoms with E-state index in [1.807, 2.05) is 42.5 Å². The van der Waals surface area contributed by atoms with E-state index < -0.39 is 0 Å². The Kier molecular flexibility index (Phi) is 4.48. The normalized spacial score (nSPS) is 10.3. The lowest BCUT2D eigenvalue weighted by Gasteiger charge is -2.08. The van der Waals surface area contributed by atoms with E-state index in [1.165, 1.54) is 5.56 Å². The van der Waals surface area contributed by atoms with Gasteiger partial charge in [0, 0.05) is 5.02 Å². The van der Waals surface area contributed by atoms with E-state index in [-0.39, 0.29) is 0 Å². The Bertz CT molecular complexity index is 513. The van der Waals surface area contributed by atoms with E-state index in [9.17, 15) is 0 Å². The number of rotatable bonds is 5. The van der Waals surface area contributed by atoms with Crippen molar-refractivity contribution in [1.82, 2.24) is 0 Å². The molecule has 0 aliphatic carbocycles. The maximum atomic E-state index is 5.93. The van der Waals surface area contributed by atoms with Crippen LogP contribution in [0, 0.1) is 0 Å². The second-order valence-electron chi connectivity index (χ2n) is 4.12. The molecule has 2 aromatic carbocycles. The van der Waals surface area contributed by atoms with Gasteiger partial charge in [-0.1, -0.05) is 35.9 Å². The first-order chi connectivity index (χ1) is 8.75.